The zero-order chi connectivity index (χ0) is 14.5. The molecule has 0 saturated carbocycles. The van der Waals surface area contributed by atoms with Crippen molar-refractivity contribution in [3.63, 3.8) is 0 Å². The third kappa shape index (κ3) is 3.02. The Balaban J connectivity index is 2.19. The number of carbonyl (C=O) groups is 1. The van der Waals surface area contributed by atoms with Gasteiger partial charge in [-0.2, -0.15) is 0 Å². The zero-order valence-electron chi connectivity index (χ0n) is 11.5. The van der Waals surface area contributed by atoms with Gasteiger partial charge in [-0.3, -0.25) is 0 Å². The SMILES string of the molecule is [B]C(c1ccc(OC)cc1)c1ccc(C(=O)OC)cc1. The molecule has 0 fully saturated rings. The molecule has 0 aliphatic heterocycles. The molecule has 20 heavy (non-hydrogen) atoms. The molecule has 1 unspecified atom stereocenters. The van der Waals surface area contributed by atoms with Gasteiger partial charge in [0.2, 0.25) is 0 Å². The lowest BCUT2D eigenvalue weighted by Gasteiger charge is -2.14. The van der Waals surface area contributed by atoms with E-state index < -0.39 is 0 Å². The monoisotopic (exact) mass is 266 g/mol. The Morgan fingerprint density at radius 2 is 1.45 bits per heavy atom. The molecule has 2 rings (SSSR count). The highest BCUT2D eigenvalue weighted by Crippen LogP contribution is 2.23. The van der Waals surface area contributed by atoms with Crippen LogP contribution in [0.3, 0.4) is 0 Å². The number of hydrogen-bond acceptors (Lipinski definition) is 3. The van der Waals surface area contributed by atoms with Crippen LogP contribution in [0.4, 0.5) is 0 Å². The summed E-state index contributed by atoms with van der Waals surface area (Å²) in [5.41, 5.74) is 2.43. The minimum Gasteiger partial charge on any atom is -0.497 e. The number of esters is 1. The summed E-state index contributed by atoms with van der Waals surface area (Å²) >= 11 is 0. The Bertz CT molecular complexity index is 576. The number of benzene rings is 2. The lowest BCUT2D eigenvalue weighted by molar-refractivity contribution is 0.0600. The molecule has 2 radical (unpaired) electrons. The van der Waals surface area contributed by atoms with Crippen molar-refractivity contribution < 1.29 is 14.3 Å². The fourth-order valence-corrected chi connectivity index (χ4v) is 1.95. The summed E-state index contributed by atoms with van der Waals surface area (Å²) in [5, 5.41) is 0. The fraction of sp³-hybridized carbons (Fsp3) is 0.188. The van der Waals surface area contributed by atoms with Crippen LogP contribution in [0, 0.1) is 0 Å². The summed E-state index contributed by atoms with van der Waals surface area (Å²) in [6, 6.07) is 14.7. The Morgan fingerprint density at radius 3 is 1.90 bits per heavy atom. The molecule has 4 heteroatoms. The smallest absolute Gasteiger partial charge is 0.337 e. The van der Waals surface area contributed by atoms with Gasteiger partial charge in [0.25, 0.3) is 0 Å². The van der Waals surface area contributed by atoms with Crippen LogP contribution in [-0.4, -0.2) is 28.0 Å². The van der Waals surface area contributed by atoms with E-state index in [1.807, 2.05) is 36.4 Å². The molecule has 0 aromatic heterocycles. The lowest BCUT2D eigenvalue weighted by Crippen LogP contribution is -2.04. The zero-order valence-corrected chi connectivity index (χ0v) is 11.5. The first kappa shape index (κ1) is 14.2. The van der Waals surface area contributed by atoms with Crippen molar-refractivity contribution >= 4 is 13.8 Å². The van der Waals surface area contributed by atoms with E-state index in [1.54, 1.807) is 19.2 Å². The highest BCUT2D eigenvalue weighted by atomic mass is 16.5. The maximum atomic E-state index is 11.4. The standard InChI is InChI=1S/C16H15BO3/c1-19-14-9-7-12(8-10-14)15(17)11-3-5-13(6-4-11)16(18)20-2/h3-10,15H,1-2H3. The molecule has 0 saturated heterocycles. The van der Waals surface area contributed by atoms with E-state index in [4.69, 9.17) is 12.6 Å². The largest absolute Gasteiger partial charge is 0.497 e. The second-order valence-electron chi connectivity index (χ2n) is 4.36. The van der Waals surface area contributed by atoms with Crippen LogP contribution in [0.5, 0.6) is 5.75 Å². The van der Waals surface area contributed by atoms with Crippen molar-refractivity contribution in [3.8, 4) is 5.75 Å². The molecule has 2 aromatic rings. The lowest BCUT2D eigenvalue weighted by atomic mass is 9.76. The van der Waals surface area contributed by atoms with E-state index in [0.717, 1.165) is 16.9 Å². The summed E-state index contributed by atoms with van der Waals surface area (Å²) in [5.74, 6) is 0.198. The van der Waals surface area contributed by atoms with Gasteiger partial charge in [-0.05, 0) is 41.2 Å². The van der Waals surface area contributed by atoms with Gasteiger partial charge in [0, 0.05) is 0 Å². The first-order chi connectivity index (χ1) is 9.65. The van der Waals surface area contributed by atoms with Crippen molar-refractivity contribution in [2.45, 2.75) is 5.82 Å². The van der Waals surface area contributed by atoms with Gasteiger partial charge in [0.05, 0.1) is 27.6 Å². The van der Waals surface area contributed by atoms with Gasteiger partial charge in [-0.25, -0.2) is 4.79 Å². The normalized spacial score (nSPS) is 11.7. The molecule has 0 spiro atoms. The van der Waals surface area contributed by atoms with Crippen LogP contribution in [0.2, 0.25) is 0 Å². The minimum absolute atomic E-state index is 0.243. The van der Waals surface area contributed by atoms with Crippen molar-refractivity contribution in [1.29, 1.82) is 0 Å². The second kappa shape index (κ2) is 6.28. The van der Waals surface area contributed by atoms with Crippen molar-refractivity contribution in [1.82, 2.24) is 0 Å². The highest BCUT2D eigenvalue weighted by Gasteiger charge is 2.10. The average molecular weight is 266 g/mol. The van der Waals surface area contributed by atoms with E-state index in [2.05, 4.69) is 4.74 Å². The number of carbonyl (C=O) groups excluding carboxylic acids is 1. The fourth-order valence-electron chi connectivity index (χ4n) is 1.95. The van der Waals surface area contributed by atoms with E-state index in [9.17, 15) is 4.79 Å². The third-order valence-corrected chi connectivity index (χ3v) is 3.17. The molecule has 1 atom stereocenters. The molecule has 0 bridgehead atoms. The van der Waals surface area contributed by atoms with E-state index in [-0.39, 0.29) is 11.8 Å². The Hall–Kier alpha value is -2.23. The maximum Gasteiger partial charge on any atom is 0.337 e. The molecule has 2 aromatic carbocycles. The molecule has 100 valence electrons. The summed E-state index contributed by atoms with van der Waals surface area (Å²) in [4.78, 5) is 11.4. The second-order valence-corrected chi connectivity index (χ2v) is 4.36. The quantitative estimate of drug-likeness (QED) is 0.630. The predicted octanol–water partition coefficient (Wildman–Crippen LogP) is 2.74. The number of ether oxygens (including phenoxy) is 2. The van der Waals surface area contributed by atoms with E-state index in [0.29, 0.717) is 5.56 Å². The summed E-state index contributed by atoms with van der Waals surface area (Å²) < 4.78 is 9.78. The highest BCUT2D eigenvalue weighted by molar-refractivity contribution is 6.14. The molecule has 0 amide bonds. The molecule has 0 aliphatic carbocycles. The van der Waals surface area contributed by atoms with Gasteiger partial charge in [0.1, 0.15) is 5.75 Å². The van der Waals surface area contributed by atoms with Crippen LogP contribution in [0.1, 0.15) is 27.3 Å². The van der Waals surface area contributed by atoms with Crippen molar-refractivity contribution in [2.75, 3.05) is 14.2 Å². The van der Waals surface area contributed by atoms with Gasteiger partial charge in [-0.15, -0.1) is 0 Å². The number of hydrogen-bond donors (Lipinski definition) is 0. The Kier molecular flexibility index (Phi) is 4.46. The number of methoxy groups -OCH3 is 2. The minimum atomic E-state index is -0.352. The average Bonchev–Trinajstić information content (AvgIpc) is 2.53. The van der Waals surface area contributed by atoms with Crippen molar-refractivity contribution in [2.24, 2.45) is 0 Å². The van der Waals surface area contributed by atoms with E-state index >= 15 is 0 Å². The first-order valence-corrected chi connectivity index (χ1v) is 6.23. The van der Waals surface area contributed by atoms with Crippen LogP contribution in [0.25, 0.3) is 0 Å². The predicted molar refractivity (Wildman–Crippen MR) is 78.4 cm³/mol. The number of rotatable bonds is 4. The van der Waals surface area contributed by atoms with Crippen LogP contribution in [0.15, 0.2) is 48.5 Å². The van der Waals surface area contributed by atoms with Gasteiger partial charge < -0.3 is 9.47 Å². The third-order valence-electron chi connectivity index (χ3n) is 3.17. The van der Waals surface area contributed by atoms with Crippen molar-refractivity contribution in [3.05, 3.63) is 65.2 Å². The van der Waals surface area contributed by atoms with E-state index in [1.165, 1.54) is 7.11 Å². The van der Waals surface area contributed by atoms with Crippen LogP contribution >= 0.6 is 0 Å². The first-order valence-electron chi connectivity index (χ1n) is 6.23. The summed E-state index contributed by atoms with van der Waals surface area (Å²) in [6.45, 7) is 0. The van der Waals surface area contributed by atoms with Crippen LogP contribution in [-0.2, 0) is 4.74 Å². The van der Waals surface area contributed by atoms with Gasteiger partial charge >= 0.3 is 5.97 Å². The molecule has 0 heterocycles. The molecule has 3 nitrogen and oxygen atoms in total. The topological polar surface area (TPSA) is 35.5 Å². The summed E-state index contributed by atoms with van der Waals surface area (Å²) in [6.07, 6.45) is 0. The molecule has 0 aliphatic rings. The summed E-state index contributed by atoms with van der Waals surface area (Å²) in [7, 11) is 9.20. The molecule has 0 N–H and O–H groups in total. The molecular formula is C16H15BO3. The Labute approximate surface area is 119 Å². The molecular weight excluding hydrogens is 251 g/mol. The van der Waals surface area contributed by atoms with Gasteiger partial charge in [-0.1, -0.05) is 24.3 Å². The Morgan fingerprint density at radius 1 is 0.950 bits per heavy atom. The van der Waals surface area contributed by atoms with Crippen LogP contribution < -0.4 is 4.74 Å². The maximum absolute atomic E-state index is 11.4. The van der Waals surface area contributed by atoms with Gasteiger partial charge in [0.15, 0.2) is 0 Å².